The number of carbonyl (C=O) groups is 1. The largest absolute Gasteiger partial charge is 0.383 e. The van der Waals surface area contributed by atoms with Gasteiger partial charge in [-0.25, -0.2) is 8.42 Å². The van der Waals surface area contributed by atoms with Crippen molar-refractivity contribution in [3.63, 3.8) is 0 Å². The van der Waals surface area contributed by atoms with E-state index in [2.05, 4.69) is 5.32 Å². The van der Waals surface area contributed by atoms with Gasteiger partial charge < -0.3 is 10.1 Å². The van der Waals surface area contributed by atoms with Gasteiger partial charge in [0, 0.05) is 32.7 Å². The highest BCUT2D eigenvalue weighted by Gasteiger charge is 2.33. The lowest BCUT2D eigenvalue weighted by Gasteiger charge is -2.33. The van der Waals surface area contributed by atoms with E-state index >= 15 is 0 Å². The number of piperidine rings is 1. The summed E-state index contributed by atoms with van der Waals surface area (Å²) in [5.41, 5.74) is 0. The molecule has 1 N–H and O–H groups in total. The fourth-order valence-electron chi connectivity index (χ4n) is 2.80. The number of thiophene rings is 1. The number of hydrogen-bond acceptors (Lipinski definition) is 5. The fourth-order valence-corrected chi connectivity index (χ4v) is 5.42. The van der Waals surface area contributed by atoms with E-state index in [-0.39, 0.29) is 17.7 Å². The Hall–Kier alpha value is -0.960. The van der Waals surface area contributed by atoms with Crippen molar-refractivity contribution >= 4 is 27.3 Å². The van der Waals surface area contributed by atoms with E-state index in [9.17, 15) is 13.2 Å². The van der Waals surface area contributed by atoms with Crippen molar-refractivity contribution in [3.05, 3.63) is 17.5 Å². The van der Waals surface area contributed by atoms with Gasteiger partial charge in [0.05, 0.1) is 6.61 Å². The first-order chi connectivity index (χ1) is 11.0. The Morgan fingerprint density at radius 1 is 1.48 bits per heavy atom. The first-order valence-corrected chi connectivity index (χ1v) is 10.1. The molecule has 0 unspecified atom stereocenters. The molecule has 1 aliphatic heterocycles. The molecule has 2 heterocycles. The molecule has 8 heteroatoms. The maximum atomic E-state index is 12.5. The Bertz CT molecular complexity index is 593. The van der Waals surface area contributed by atoms with Crippen LogP contribution >= 0.6 is 11.3 Å². The van der Waals surface area contributed by atoms with Crippen molar-refractivity contribution in [2.24, 2.45) is 11.8 Å². The normalized spacial score (nSPS) is 18.7. The van der Waals surface area contributed by atoms with Gasteiger partial charge in [-0.15, -0.1) is 11.3 Å². The molecule has 1 atom stereocenters. The molecule has 1 aromatic rings. The number of rotatable bonds is 7. The minimum absolute atomic E-state index is 0.0154. The zero-order valence-corrected chi connectivity index (χ0v) is 15.2. The fraction of sp³-hybridized carbons (Fsp3) is 0.667. The molecule has 23 heavy (non-hydrogen) atoms. The number of ether oxygens (including phenoxy) is 1. The van der Waals surface area contributed by atoms with E-state index in [1.807, 2.05) is 6.92 Å². The average molecular weight is 361 g/mol. The van der Waals surface area contributed by atoms with Crippen molar-refractivity contribution in [2.45, 2.75) is 24.0 Å². The smallest absolute Gasteiger partial charge is 0.252 e. The average Bonchev–Trinajstić information content (AvgIpc) is 3.09. The summed E-state index contributed by atoms with van der Waals surface area (Å²) >= 11 is 1.24. The molecule has 0 spiro atoms. The van der Waals surface area contributed by atoms with Crippen LogP contribution in [0.5, 0.6) is 0 Å². The van der Waals surface area contributed by atoms with Gasteiger partial charge in [0.15, 0.2) is 0 Å². The highest BCUT2D eigenvalue weighted by Crippen LogP contribution is 2.29. The quantitative estimate of drug-likeness (QED) is 0.749. The Morgan fingerprint density at radius 3 is 2.74 bits per heavy atom. The Balaban J connectivity index is 1.87. The molecule has 1 aliphatic rings. The van der Waals surface area contributed by atoms with Crippen molar-refractivity contribution < 1.29 is 17.9 Å². The van der Waals surface area contributed by atoms with Crippen LogP contribution in [0, 0.1) is 11.8 Å². The van der Waals surface area contributed by atoms with Crippen molar-refractivity contribution in [3.8, 4) is 0 Å². The second-order valence-corrected chi connectivity index (χ2v) is 8.86. The van der Waals surface area contributed by atoms with Gasteiger partial charge in [0.2, 0.25) is 5.91 Å². The molecule has 0 bridgehead atoms. The number of nitrogens with zero attached hydrogens (tertiary/aromatic N) is 1. The van der Waals surface area contributed by atoms with Crippen LogP contribution < -0.4 is 5.32 Å². The summed E-state index contributed by atoms with van der Waals surface area (Å²) in [6, 6.07) is 3.38. The summed E-state index contributed by atoms with van der Waals surface area (Å²) in [4.78, 5) is 12.1. The van der Waals surface area contributed by atoms with E-state index in [1.54, 1.807) is 24.6 Å². The van der Waals surface area contributed by atoms with E-state index in [0.29, 0.717) is 43.3 Å². The topological polar surface area (TPSA) is 75.7 Å². The predicted octanol–water partition coefficient (Wildman–Crippen LogP) is 1.55. The van der Waals surface area contributed by atoms with Gasteiger partial charge in [-0.05, 0) is 30.2 Å². The lowest BCUT2D eigenvalue weighted by atomic mass is 9.85. The van der Waals surface area contributed by atoms with Crippen molar-refractivity contribution in [1.82, 2.24) is 9.62 Å². The third kappa shape index (κ3) is 4.53. The molecule has 1 aromatic heterocycles. The van der Waals surface area contributed by atoms with Gasteiger partial charge in [-0.2, -0.15) is 4.31 Å². The third-order valence-electron chi connectivity index (χ3n) is 4.31. The van der Waals surface area contributed by atoms with E-state index in [0.717, 1.165) is 0 Å². The Kier molecular flexibility index (Phi) is 6.58. The maximum absolute atomic E-state index is 12.5. The van der Waals surface area contributed by atoms with Crippen LogP contribution in [-0.2, 0) is 19.6 Å². The number of carbonyl (C=O) groups excluding carboxylic acids is 1. The number of nitrogens with one attached hydrogen (secondary N) is 1. The molecule has 130 valence electrons. The minimum Gasteiger partial charge on any atom is -0.383 e. The second kappa shape index (κ2) is 8.23. The van der Waals surface area contributed by atoms with Gasteiger partial charge in [-0.1, -0.05) is 13.0 Å². The van der Waals surface area contributed by atoms with Crippen LogP contribution in [0.4, 0.5) is 0 Å². The lowest BCUT2D eigenvalue weighted by molar-refractivity contribution is -0.126. The maximum Gasteiger partial charge on any atom is 0.252 e. The van der Waals surface area contributed by atoms with Crippen LogP contribution in [0.1, 0.15) is 19.8 Å². The summed E-state index contributed by atoms with van der Waals surface area (Å²) in [5, 5.41) is 4.62. The first kappa shape index (κ1) is 18.4. The molecule has 0 aliphatic carbocycles. The highest BCUT2D eigenvalue weighted by molar-refractivity contribution is 7.91. The van der Waals surface area contributed by atoms with E-state index in [1.165, 1.54) is 15.6 Å². The summed E-state index contributed by atoms with van der Waals surface area (Å²) in [7, 11) is -1.77. The first-order valence-electron chi connectivity index (χ1n) is 7.77. The van der Waals surface area contributed by atoms with Crippen LogP contribution in [0.15, 0.2) is 21.7 Å². The van der Waals surface area contributed by atoms with Crippen LogP contribution in [0.25, 0.3) is 0 Å². The monoisotopic (exact) mass is 360 g/mol. The summed E-state index contributed by atoms with van der Waals surface area (Å²) in [5.74, 6) is 0.118. The van der Waals surface area contributed by atoms with E-state index in [4.69, 9.17) is 4.74 Å². The second-order valence-electron chi connectivity index (χ2n) is 5.75. The summed E-state index contributed by atoms with van der Waals surface area (Å²) < 4.78 is 31.8. The number of methoxy groups -OCH3 is 1. The van der Waals surface area contributed by atoms with Crippen LogP contribution in [0.2, 0.25) is 0 Å². The molecular weight excluding hydrogens is 336 g/mol. The zero-order valence-electron chi connectivity index (χ0n) is 13.5. The Morgan fingerprint density at radius 2 is 2.17 bits per heavy atom. The Labute approximate surface area is 141 Å². The molecule has 1 saturated heterocycles. The standard InChI is InChI=1S/C15H24N2O4S2/c1-12(15(18)16-7-10-21-2)13-5-8-17(9-6-13)23(19,20)14-4-3-11-22-14/h3-4,11-13H,5-10H2,1-2H3,(H,16,18)/t12-/m1/s1. The number of amides is 1. The summed E-state index contributed by atoms with van der Waals surface area (Å²) in [6.45, 7) is 3.86. The van der Waals surface area contributed by atoms with Crippen LogP contribution in [-0.4, -0.2) is 52.0 Å². The van der Waals surface area contributed by atoms with Gasteiger partial charge in [0.1, 0.15) is 4.21 Å². The SMILES string of the molecule is COCCNC(=O)[C@H](C)C1CCN(S(=O)(=O)c2cccs2)CC1. The van der Waals surface area contributed by atoms with Gasteiger partial charge in [-0.3, -0.25) is 4.79 Å². The molecule has 0 saturated carbocycles. The minimum atomic E-state index is -3.37. The zero-order chi connectivity index (χ0) is 16.9. The molecule has 0 aromatic carbocycles. The van der Waals surface area contributed by atoms with Gasteiger partial charge >= 0.3 is 0 Å². The van der Waals surface area contributed by atoms with Gasteiger partial charge in [0.25, 0.3) is 10.0 Å². The van der Waals surface area contributed by atoms with Crippen molar-refractivity contribution in [2.75, 3.05) is 33.4 Å². The predicted molar refractivity (Wildman–Crippen MR) is 89.9 cm³/mol. The molecule has 1 amide bonds. The molecule has 0 radical (unpaired) electrons. The molecular formula is C15H24N2O4S2. The number of sulfonamides is 1. The lowest BCUT2D eigenvalue weighted by Crippen LogP contribution is -2.42. The van der Waals surface area contributed by atoms with E-state index < -0.39 is 10.0 Å². The number of hydrogen-bond donors (Lipinski definition) is 1. The third-order valence-corrected chi connectivity index (χ3v) is 7.59. The summed E-state index contributed by atoms with van der Waals surface area (Å²) in [6.07, 6.45) is 1.42. The van der Waals surface area contributed by atoms with Crippen molar-refractivity contribution in [1.29, 1.82) is 0 Å². The van der Waals surface area contributed by atoms with Crippen LogP contribution in [0.3, 0.4) is 0 Å². The molecule has 2 rings (SSSR count). The molecule has 1 fully saturated rings. The molecule has 6 nitrogen and oxygen atoms in total. The highest BCUT2D eigenvalue weighted by atomic mass is 32.2.